The van der Waals surface area contributed by atoms with E-state index in [-0.39, 0.29) is 11.9 Å². The van der Waals surface area contributed by atoms with Crippen molar-refractivity contribution in [3.05, 3.63) is 11.1 Å². The topological polar surface area (TPSA) is 117 Å². The van der Waals surface area contributed by atoms with Gasteiger partial charge in [-0.15, -0.1) is 11.3 Å². The van der Waals surface area contributed by atoms with E-state index in [9.17, 15) is 9.59 Å². The van der Waals surface area contributed by atoms with Gasteiger partial charge in [0.15, 0.2) is 5.13 Å². The van der Waals surface area contributed by atoms with Crippen LogP contribution in [0.5, 0.6) is 0 Å². The summed E-state index contributed by atoms with van der Waals surface area (Å²) in [7, 11) is 0. The number of thiazole rings is 1. The molecular formula is C9H12N4O3S. The summed E-state index contributed by atoms with van der Waals surface area (Å²) in [4.78, 5) is 25.7. The van der Waals surface area contributed by atoms with Gasteiger partial charge in [0.05, 0.1) is 11.7 Å². The molecule has 0 saturated carbocycles. The van der Waals surface area contributed by atoms with Gasteiger partial charge in [-0.25, -0.2) is 4.98 Å². The average molecular weight is 256 g/mol. The predicted octanol–water partition coefficient (Wildman–Crippen LogP) is -0.472. The molecule has 2 heterocycles. The number of hydrogen-bond donors (Lipinski definition) is 4. The van der Waals surface area contributed by atoms with Crippen LogP contribution in [-0.2, 0) is 9.59 Å². The van der Waals surface area contributed by atoms with Crippen LogP contribution in [0.4, 0.5) is 5.13 Å². The van der Waals surface area contributed by atoms with Crippen LogP contribution in [0.25, 0.3) is 0 Å². The summed E-state index contributed by atoms with van der Waals surface area (Å²) in [5.41, 5.74) is 5.75. The van der Waals surface area contributed by atoms with Crippen LogP contribution >= 0.6 is 11.3 Å². The molecule has 2 rings (SSSR count). The Morgan fingerprint density at radius 1 is 1.76 bits per heavy atom. The van der Waals surface area contributed by atoms with Crippen molar-refractivity contribution in [3.8, 4) is 0 Å². The molecule has 0 spiro atoms. The number of aromatic nitrogens is 1. The van der Waals surface area contributed by atoms with E-state index >= 15 is 0 Å². The molecule has 1 aromatic heterocycles. The second-order valence-electron chi connectivity index (χ2n) is 3.74. The number of carbonyl (C=O) groups is 2. The normalized spacial score (nSPS) is 21.0. The second kappa shape index (κ2) is 4.68. The van der Waals surface area contributed by atoms with Gasteiger partial charge in [-0.1, -0.05) is 0 Å². The lowest BCUT2D eigenvalue weighted by Crippen LogP contribution is -2.23. The van der Waals surface area contributed by atoms with E-state index in [0.29, 0.717) is 23.8 Å². The van der Waals surface area contributed by atoms with Gasteiger partial charge in [0.1, 0.15) is 6.04 Å². The van der Waals surface area contributed by atoms with Crippen LogP contribution in [0.1, 0.15) is 18.2 Å². The maximum absolute atomic E-state index is 11.0. The summed E-state index contributed by atoms with van der Waals surface area (Å²) >= 11 is 1.28. The molecule has 7 nitrogen and oxygen atoms in total. The van der Waals surface area contributed by atoms with E-state index < -0.39 is 12.0 Å². The molecule has 1 aromatic rings. The Hall–Kier alpha value is -1.67. The third kappa shape index (κ3) is 2.71. The SMILES string of the molecule is NC(C(=O)O)c1csc(NC2CNC(=O)C2)n1. The minimum atomic E-state index is -1.11. The number of aliphatic carboxylic acids is 1. The Morgan fingerprint density at radius 2 is 2.53 bits per heavy atom. The highest BCUT2D eigenvalue weighted by atomic mass is 32.1. The molecule has 2 unspecified atom stereocenters. The zero-order chi connectivity index (χ0) is 12.4. The van der Waals surface area contributed by atoms with Gasteiger partial charge in [0.25, 0.3) is 0 Å². The van der Waals surface area contributed by atoms with Crippen molar-refractivity contribution in [1.29, 1.82) is 0 Å². The summed E-state index contributed by atoms with van der Waals surface area (Å²) in [5, 5.41) is 16.7. The first kappa shape index (κ1) is 11.8. The van der Waals surface area contributed by atoms with Crippen molar-refractivity contribution in [1.82, 2.24) is 10.3 Å². The number of amides is 1. The molecular weight excluding hydrogens is 244 g/mol. The maximum atomic E-state index is 11.0. The summed E-state index contributed by atoms with van der Waals surface area (Å²) in [6, 6.07) is -1.10. The quantitative estimate of drug-likeness (QED) is 0.578. The zero-order valence-corrected chi connectivity index (χ0v) is 9.66. The monoisotopic (exact) mass is 256 g/mol. The molecule has 1 amide bonds. The van der Waals surface area contributed by atoms with E-state index in [4.69, 9.17) is 10.8 Å². The zero-order valence-electron chi connectivity index (χ0n) is 8.84. The van der Waals surface area contributed by atoms with Gasteiger partial charge in [-0.3, -0.25) is 9.59 Å². The van der Waals surface area contributed by atoms with E-state index in [1.165, 1.54) is 11.3 Å². The molecule has 5 N–H and O–H groups in total. The first-order valence-corrected chi connectivity index (χ1v) is 5.91. The van der Waals surface area contributed by atoms with Gasteiger partial charge < -0.3 is 21.5 Å². The van der Waals surface area contributed by atoms with E-state index in [1.54, 1.807) is 5.38 Å². The van der Waals surface area contributed by atoms with Crippen LogP contribution in [-0.4, -0.2) is 34.6 Å². The lowest BCUT2D eigenvalue weighted by molar-refractivity contribution is -0.138. The molecule has 0 bridgehead atoms. The van der Waals surface area contributed by atoms with Crippen molar-refractivity contribution in [2.24, 2.45) is 5.73 Å². The highest BCUT2D eigenvalue weighted by Crippen LogP contribution is 2.21. The van der Waals surface area contributed by atoms with Gasteiger partial charge in [-0.2, -0.15) is 0 Å². The fourth-order valence-corrected chi connectivity index (χ4v) is 2.33. The standard InChI is InChI=1S/C9H12N4O3S/c10-7(8(15)16)5-3-17-9(13-5)12-4-1-6(14)11-2-4/h3-4,7H,1-2,10H2,(H,11,14)(H,12,13)(H,15,16). The molecule has 2 atom stereocenters. The van der Waals surface area contributed by atoms with Gasteiger partial charge in [0.2, 0.25) is 5.91 Å². The van der Waals surface area contributed by atoms with E-state index in [0.717, 1.165) is 0 Å². The second-order valence-corrected chi connectivity index (χ2v) is 4.60. The Bertz CT molecular complexity index is 447. The lowest BCUT2D eigenvalue weighted by atomic mass is 10.2. The Labute approximate surface area is 101 Å². The lowest BCUT2D eigenvalue weighted by Gasteiger charge is -2.08. The van der Waals surface area contributed by atoms with Crippen LogP contribution in [0.3, 0.4) is 0 Å². The van der Waals surface area contributed by atoms with Gasteiger partial charge >= 0.3 is 5.97 Å². The van der Waals surface area contributed by atoms with E-state index in [1.807, 2.05) is 0 Å². The number of carboxylic acids is 1. The van der Waals surface area contributed by atoms with Gasteiger partial charge in [0, 0.05) is 18.3 Å². The molecule has 92 valence electrons. The number of nitrogens with two attached hydrogens (primary N) is 1. The van der Waals surface area contributed by atoms with Crippen molar-refractivity contribution in [2.45, 2.75) is 18.5 Å². The van der Waals surface area contributed by atoms with Crippen molar-refractivity contribution in [3.63, 3.8) is 0 Å². The minimum absolute atomic E-state index is 0.00140. The van der Waals surface area contributed by atoms with Crippen LogP contribution in [0.2, 0.25) is 0 Å². The van der Waals surface area contributed by atoms with Crippen molar-refractivity contribution >= 4 is 28.3 Å². The van der Waals surface area contributed by atoms with Crippen LogP contribution in [0.15, 0.2) is 5.38 Å². The molecule has 1 fully saturated rings. The smallest absolute Gasteiger partial charge is 0.326 e. The summed E-state index contributed by atoms with van der Waals surface area (Å²) in [6.45, 7) is 0.554. The minimum Gasteiger partial charge on any atom is -0.480 e. The molecule has 1 aliphatic heterocycles. The Kier molecular flexibility index (Phi) is 3.25. The molecule has 0 aliphatic carbocycles. The molecule has 0 aromatic carbocycles. The molecule has 1 aliphatic rings. The summed E-state index contributed by atoms with van der Waals surface area (Å²) in [6.07, 6.45) is 0.403. The van der Waals surface area contributed by atoms with Crippen LogP contribution < -0.4 is 16.4 Å². The highest BCUT2D eigenvalue weighted by Gasteiger charge is 2.23. The third-order valence-electron chi connectivity index (χ3n) is 2.41. The number of hydrogen-bond acceptors (Lipinski definition) is 6. The number of nitrogens with zero attached hydrogens (tertiary/aromatic N) is 1. The average Bonchev–Trinajstić information content (AvgIpc) is 2.87. The number of nitrogens with one attached hydrogen (secondary N) is 2. The molecule has 1 saturated heterocycles. The van der Waals surface area contributed by atoms with Crippen molar-refractivity contribution < 1.29 is 14.7 Å². The fraction of sp³-hybridized carbons (Fsp3) is 0.444. The molecule has 0 radical (unpaired) electrons. The summed E-state index contributed by atoms with van der Waals surface area (Å²) < 4.78 is 0. The van der Waals surface area contributed by atoms with Gasteiger partial charge in [-0.05, 0) is 0 Å². The largest absolute Gasteiger partial charge is 0.480 e. The number of anilines is 1. The molecule has 8 heteroatoms. The predicted molar refractivity (Wildman–Crippen MR) is 61.7 cm³/mol. The number of carbonyl (C=O) groups excluding carboxylic acids is 1. The first-order valence-electron chi connectivity index (χ1n) is 5.03. The first-order chi connectivity index (χ1) is 8.06. The van der Waals surface area contributed by atoms with Crippen molar-refractivity contribution in [2.75, 3.05) is 11.9 Å². The van der Waals surface area contributed by atoms with E-state index in [2.05, 4.69) is 15.6 Å². The third-order valence-corrected chi connectivity index (χ3v) is 3.20. The summed E-state index contributed by atoms with van der Waals surface area (Å²) in [5.74, 6) is -1.11. The number of rotatable bonds is 4. The number of carboxylic acid groups (broad SMARTS) is 1. The maximum Gasteiger partial charge on any atom is 0.326 e. The van der Waals surface area contributed by atoms with Crippen LogP contribution in [0, 0.1) is 0 Å². The molecule has 17 heavy (non-hydrogen) atoms. The Morgan fingerprint density at radius 3 is 3.12 bits per heavy atom. The fourth-order valence-electron chi connectivity index (χ4n) is 1.50. The highest BCUT2D eigenvalue weighted by molar-refractivity contribution is 7.13. The Balaban J connectivity index is 1.99.